The standard InChI is InChI=1S/C15H11FN4O/c16-8-5-9-13-12(6-8)18-7-10(11-3-1-2-4-17-11)14(13)19-20-15(9)21/h1-6,10,18H,7H2,(H,20,21)/t10-/m0/s1. The summed E-state index contributed by atoms with van der Waals surface area (Å²) in [5, 5.41) is 10.8. The van der Waals surface area contributed by atoms with Gasteiger partial charge in [-0.3, -0.25) is 9.78 Å². The minimum atomic E-state index is -0.441. The molecule has 0 aliphatic carbocycles. The van der Waals surface area contributed by atoms with E-state index in [1.54, 1.807) is 6.20 Å². The third-order valence-electron chi connectivity index (χ3n) is 3.75. The van der Waals surface area contributed by atoms with E-state index in [1.165, 1.54) is 12.1 Å². The first-order chi connectivity index (χ1) is 10.2. The second kappa shape index (κ2) is 4.37. The van der Waals surface area contributed by atoms with Crippen LogP contribution in [-0.4, -0.2) is 21.7 Å². The third kappa shape index (κ3) is 1.79. The molecule has 4 rings (SSSR count). The van der Waals surface area contributed by atoms with Crippen LogP contribution in [0, 0.1) is 5.82 Å². The van der Waals surface area contributed by atoms with Gasteiger partial charge in [0.2, 0.25) is 0 Å². The second-order valence-corrected chi connectivity index (χ2v) is 5.00. The maximum Gasteiger partial charge on any atom is 0.272 e. The minimum absolute atomic E-state index is 0.0801. The zero-order valence-electron chi connectivity index (χ0n) is 10.9. The van der Waals surface area contributed by atoms with Gasteiger partial charge < -0.3 is 5.32 Å². The van der Waals surface area contributed by atoms with Gasteiger partial charge in [-0.15, -0.1) is 0 Å². The predicted molar refractivity (Wildman–Crippen MR) is 76.9 cm³/mol. The monoisotopic (exact) mass is 282 g/mol. The van der Waals surface area contributed by atoms with E-state index in [0.717, 1.165) is 11.4 Å². The molecule has 21 heavy (non-hydrogen) atoms. The quantitative estimate of drug-likeness (QED) is 0.716. The van der Waals surface area contributed by atoms with Gasteiger partial charge >= 0.3 is 0 Å². The number of aromatic amines is 1. The zero-order valence-corrected chi connectivity index (χ0v) is 10.9. The maximum atomic E-state index is 13.6. The lowest BCUT2D eigenvalue weighted by Gasteiger charge is -2.25. The van der Waals surface area contributed by atoms with Crippen molar-refractivity contribution in [2.75, 3.05) is 11.9 Å². The minimum Gasteiger partial charge on any atom is -0.383 e. The van der Waals surface area contributed by atoms with Crippen molar-refractivity contribution in [1.82, 2.24) is 15.2 Å². The van der Waals surface area contributed by atoms with E-state index in [0.29, 0.717) is 23.0 Å². The highest BCUT2D eigenvalue weighted by atomic mass is 19.1. The summed E-state index contributed by atoms with van der Waals surface area (Å²) in [7, 11) is 0. The lowest BCUT2D eigenvalue weighted by atomic mass is 9.92. The van der Waals surface area contributed by atoms with Crippen molar-refractivity contribution in [3.63, 3.8) is 0 Å². The summed E-state index contributed by atoms with van der Waals surface area (Å²) in [6.45, 7) is 0.557. The van der Waals surface area contributed by atoms with E-state index in [4.69, 9.17) is 0 Å². The highest BCUT2D eigenvalue weighted by molar-refractivity contribution is 5.96. The first-order valence-electron chi connectivity index (χ1n) is 6.60. The Morgan fingerprint density at radius 2 is 2.19 bits per heavy atom. The molecule has 1 aliphatic heterocycles. The Hall–Kier alpha value is -2.76. The molecule has 1 aliphatic rings. The summed E-state index contributed by atoms with van der Waals surface area (Å²) in [6.07, 6.45) is 1.72. The van der Waals surface area contributed by atoms with E-state index in [-0.39, 0.29) is 5.92 Å². The van der Waals surface area contributed by atoms with Gasteiger partial charge in [-0.05, 0) is 24.3 Å². The number of nitrogens with one attached hydrogen (secondary N) is 2. The molecular weight excluding hydrogens is 271 g/mol. The molecule has 0 fully saturated rings. The van der Waals surface area contributed by atoms with Crippen molar-refractivity contribution in [3.05, 3.63) is 64.1 Å². The first-order valence-corrected chi connectivity index (χ1v) is 6.60. The molecule has 1 atom stereocenters. The number of rotatable bonds is 1. The summed E-state index contributed by atoms with van der Waals surface area (Å²) in [6, 6.07) is 8.30. The Morgan fingerprint density at radius 3 is 3.00 bits per heavy atom. The van der Waals surface area contributed by atoms with Crippen LogP contribution in [0.1, 0.15) is 17.3 Å². The summed E-state index contributed by atoms with van der Waals surface area (Å²) in [5.74, 6) is -0.521. The number of nitrogens with zero attached hydrogens (tertiary/aromatic N) is 2. The van der Waals surface area contributed by atoms with Crippen LogP contribution in [0.4, 0.5) is 10.1 Å². The topological polar surface area (TPSA) is 70.7 Å². The van der Waals surface area contributed by atoms with Crippen LogP contribution in [0.5, 0.6) is 0 Å². The summed E-state index contributed by atoms with van der Waals surface area (Å²) < 4.78 is 13.6. The number of hydrogen-bond donors (Lipinski definition) is 2. The lowest BCUT2D eigenvalue weighted by Crippen LogP contribution is -2.25. The number of halogens is 1. The number of hydrogen-bond acceptors (Lipinski definition) is 4. The molecule has 104 valence electrons. The van der Waals surface area contributed by atoms with Crippen molar-refractivity contribution in [2.45, 2.75) is 5.92 Å². The van der Waals surface area contributed by atoms with Gasteiger partial charge in [0.1, 0.15) is 5.82 Å². The molecule has 3 heterocycles. The van der Waals surface area contributed by atoms with Gasteiger partial charge in [0, 0.05) is 23.8 Å². The molecular formula is C15H11FN4O. The van der Waals surface area contributed by atoms with E-state index in [2.05, 4.69) is 20.5 Å². The first kappa shape index (κ1) is 12.0. The largest absolute Gasteiger partial charge is 0.383 e. The molecule has 2 N–H and O–H groups in total. The predicted octanol–water partition coefficient (Wildman–Crippen LogP) is 2.01. The normalized spacial score (nSPS) is 16.7. The van der Waals surface area contributed by atoms with Gasteiger partial charge in [-0.2, -0.15) is 5.10 Å². The second-order valence-electron chi connectivity index (χ2n) is 5.00. The molecule has 5 nitrogen and oxygen atoms in total. The Labute approximate surface area is 118 Å². The molecule has 0 saturated heterocycles. The SMILES string of the molecule is O=c1[nH]nc2c3c(cc(F)cc13)NC[C@H]2c1ccccn1. The van der Waals surface area contributed by atoms with Gasteiger partial charge in [-0.25, -0.2) is 9.49 Å². The van der Waals surface area contributed by atoms with Gasteiger partial charge in [-0.1, -0.05) is 6.07 Å². The van der Waals surface area contributed by atoms with E-state index in [1.807, 2.05) is 18.2 Å². The van der Waals surface area contributed by atoms with Crippen LogP contribution in [0.25, 0.3) is 10.8 Å². The molecule has 2 aromatic heterocycles. The van der Waals surface area contributed by atoms with Crippen LogP contribution >= 0.6 is 0 Å². The van der Waals surface area contributed by atoms with E-state index >= 15 is 0 Å². The molecule has 0 spiro atoms. The molecule has 0 unspecified atom stereocenters. The van der Waals surface area contributed by atoms with Crippen LogP contribution in [-0.2, 0) is 0 Å². The van der Waals surface area contributed by atoms with Crippen molar-refractivity contribution in [3.8, 4) is 0 Å². The average molecular weight is 282 g/mol. The molecule has 0 bridgehead atoms. The molecule has 0 amide bonds. The Morgan fingerprint density at radius 1 is 1.29 bits per heavy atom. The summed E-state index contributed by atoms with van der Waals surface area (Å²) >= 11 is 0. The number of anilines is 1. The fourth-order valence-corrected chi connectivity index (χ4v) is 2.82. The molecule has 6 heteroatoms. The van der Waals surface area contributed by atoms with Gasteiger partial charge in [0.15, 0.2) is 0 Å². The number of benzene rings is 1. The molecule has 3 aromatic rings. The molecule has 0 saturated carbocycles. The third-order valence-corrected chi connectivity index (χ3v) is 3.75. The fraction of sp³-hybridized carbons (Fsp3) is 0.133. The smallest absolute Gasteiger partial charge is 0.272 e. The Balaban J connectivity index is 2.03. The lowest BCUT2D eigenvalue weighted by molar-refractivity contribution is 0.628. The van der Waals surface area contributed by atoms with Crippen LogP contribution in [0.2, 0.25) is 0 Å². The van der Waals surface area contributed by atoms with Crippen molar-refractivity contribution in [2.24, 2.45) is 0 Å². The fourth-order valence-electron chi connectivity index (χ4n) is 2.82. The van der Waals surface area contributed by atoms with Crippen LogP contribution < -0.4 is 10.9 Å². The highest BCUT2D eigenvalue weighted by Crippen LogP contribution is 2.35. The summed E-state index contributed by atoms with van der Waals surface area (Å²) in [4.78, 5) is 16.2. The van der Waals surface area contributed by atoms with Crippen molar-refractivity contribution < 1.29 is 4.39 Å². The van der Waals surface area contributed by atoms with Crippen molar-refractivity contribution in [1.29, 1.82) is 0 Å². The van der Waals surface area contributed by atoms with E-state index in [9.17, 15) is 9.18 Å². The van der Waals surface area contributed by atoms with E-state index < -0.39 is 11.4 Å². The number of aromatic nitrogens is 3. The average Bonchev–Trinajstić information content (AvgIpc) is 2.51. The Bertz CT molecular complexity index is 891. The highest BCUT2D eigenvalue weighted by Gasteiger charge is 2.27. The number of H-pyrrole nitrogens is 1. The summed E-state index contributed by atoms with van der Waals surface area (Å²) in [5.41, 5.74) is 1.79. The van der Waals surface area contributed by atoms with Gasteiger partial charge in [0.25, 0.3) is 5.56 Å². The van der Waals surface area contributed by atoms with Crippen LogP contribution in [0.15, 0.2) is 41.3 Å². The zero-order chi connectivity index (χ0) is 14.4. The van der Waals surface area contributed by atoms with Gasteiger partial charge in [0.05, 0.1) is 22.7 Å². The van der Waals surface area contributed by atoms with Crippen LogP contribution in [0.3, 0.4) is 0 Å². The Kier molecular flexibility index (Phi) is 2.50. The maximum absolute atomic E-state index is 13.6. The number of pyridine rings is 1. The molecule has 1 aromatic carbocycles. The van der Waals surface area contributed by atoms with Crippen molar-refractivity contribution >= 4 is 16.5 Å². The molecule has 0 radical (unpaired) electrons.